The standard InChI is InChI=1S/C10H8N6O/c17-10(9-5-12-16-15-9)13-7-2-1-6-4-11-14-8(6)3-7/h1-5H,(H,11,14)(H,13,17)(H,12,15,16). The summed E-state index contributed by atoms with van der Waals surface area (Å²) in [7, 11) is 0. The minimum absolute atomic E-state index is 0.245. The second kappa shape index (κ2) is 3.71. The maximum Gasteiger partial charge on any atom is 0.277 e. The summed E-state index contributed by atoms with van der Waals surface area (Å²) < 4.78 is 0. The number of aromatic amines is 2. The SMILES string of the molecule is O=C(Nc1ccc2cn[nH]c2c1)c1cn[nH]n1. The highest BCUT2D eigenvalue weighted by atomic mass is 16.2. The van der Waals surface area contributed by atoms with Crippen molar-refractivity contribution in [3.8, 4) is 0 Å². The zero-order chi connectivity index (χ0) is 11.7. The van der Waals surface area contributed by atoms with Crippen LogP contribution in [0.25, 0.3) is 10.9 Å². The Morgan fingerprint density at radius 3 is 3.00 bits per heavy atom. The summed E-state index contributed by atoms with van der Waals surface area (Å²) in [6.07, 6.45) is 3.09. The molecule has 84 valence electrons. The van der Waals surface area contributed by atoms with E-state index in [0.717, 1.165) is 10.9 Å². The Bertz CT molecular complexity index is 656. The number of H-pyrrole nitrogens is 2. The lowest BCUT2D eigenvalue weighted by Crippen LogP contribution is -2.12. The molecule has 0 fully saturated rings. The molecule has 3 rings (SSSR count). The molecule has 0 aliphatic carbocycles. The fourth-order valence-electron chi connectivity index (χ4n) is 1.52. The normalized spacial score (nSPS) is 10.6. The van der Waals surface area contributed by atoms with E-state index in [4.69, 9.17) is 0 Å². The Kier molecular flexibility index (Phi) is 2.08. The van der Waals surface area contributed by atoms with Crippen LogP contribution in [0.3, 0.4) is 0 Å². The molecule has 0 unspecified atom stereocenters. The Morgan fingerprint density at radius 1 is 1.24 bits per heavy atom. The molecule has 0 bridgehead atoms. The van der Waals surface area contributed by atoms with Gasteiger partial charge in [-0.15, -0.1) is 0 Å². The zero-order valence-electron chi connectivity index (χ0n) is 8.64. The maximum atomic E-state index is 11.7. The number of hydrogen-bond donors (Lipinski definition) is 3. The van der Waals surface area contributed by atoms with Gasteiger partial charge in [-0.05, 0) is 18.2 Å². The van der Waals surface area contributed by atoms with Crippen LogP contribution in [0.4, 0.5) is 5.69 Å². The van der Waals surface area contributed by atoms with Crippen LogP contribution in [0, 0.1) is 0 Å². The monoisotopic (exact) mass is 228 g/mol. The molecule has 0 atom stereocenters. The summed E-state index contributed by atoms with van der Waals surface area (Å²) in [6, 6.07) is 5.48. The van der Waals surface area contributed by atoms with Gasteiger partial charge in [0.25, 0.3) is 5.91 Å². The summed E-state index contributed by atoms with van der Waals surface area (Å²) in [5.74, 6) is -0.308. The molecule has 0 aliphatic heterocycles. The first kappa shape index (κ1) is 9.52. The number of benzene rings is 1. The predicted octanol–water partition coefficient (Wildman–Crippen LogP) is 0.933. The highest BCUT2D eigenvalue weighted by molar-refractivity contribution is 6.03. The van der Waals surface area contributed by atoms with Gasteiger partial charge in [-0.3, -0.25) is 9.89 Å². The highest BCUT2D eigenvalue weighted by Crippen LogP contribution is 2.16. The van der Waals surface area contributed by atoms with Crippen molar-refractivity contribution in [3.63, 3.8) is 0 Å². The van der Waals surface area contributed by atoms with E-state index in [1.807, 2.05) is 6.07 Å². The van der Waals surface area contributed by atoms with E-state index >= 15 is 0 Å². The number of carbonyl (C=O) groups is 1. The lowest BCUT2D eigenvalue weighted by atomic mass is 10.2. The molecule has 1 aromatic carbocycles. The van der Waals surface area contributed by atoms with E-state index in [0.29, 0.717) is 5.69 Å². The Labute approximate surface area is 95.2 Å². The van der Waals surface area contributed by atoms with Gasteiger partial charge in [-0.2, -0.15) is 20.5 Å². The van der Waals surface area contributed by atoms with Crippen molar-refractivity contribution < 1.29 is 4.79 Å². The Morgan fingerprint density at radius 2 is 2.18 bits per heavy atom. The second-order valence-electron chi connectivity index (χ2n) is 3.48. The minimum Gasteiger partial charge on any atom is -0.320 e. The van der Waals surface area contributed by atoms with Crippen molar-refractivity contribution in [1.29, 1.82) is 0 Å². The molecule has 0 spiro atoms. The quantitative estimate of drug-likeness (QED) is 0.607. The Hall–Kier alpha value is -2.70. The van der Waals surface area contributed by atoms with Crippen molar-refractivity contribution in [1.82, 2.24) is 25.6 Å². The van der Waals surface area contributed by atoms with Gasteiger partial charge in [0.2, 0.25) is 0 Å². The third-order valence-electron chi connectivity index (χ3n) is 2.35. The van der Waals surface area contributed by atoms with Crippen molar-refractivity contribution in [2.75, 3.05) is 5.32 Å². The van der Waals surface area contributed by atoms with Gasteiger partial charge in [0, 0.05) is 11.1 Å². The fraction of sp³-hybridized carbons (Fsp3) is 0. The van der Waals surface area contributed by atoms with Crippen LogP contribution in [0.2, 0.25) is 0 Å². The van der Waals surface area contributed by atoms with Gasteiger partial charge in [0.1, 0.15) is 0 Å². The van der Waals surface area contributed by atoms with Gasteiger partial charge < -0.3 is 5.32 Å². The summed E-state index contributed by atoms with van der Waals surface area (Å²) >= 11 is 0. The molecule has 2 heterocycles. The van der Waals surface area contributed by atoms with Gasteiger partial charge in [-0.25, -0.2) is 0 Å². The first-order valence-corrected chi connectivity index (χ1v) is 4.93. The van der Waals surface area contributed by atoms with E-state index in [1.165, 1.54) is 6.20 Å². The summed E-state index contributed by atoms with van der Waals surface area (Å²) in [5, 5.41) is 20.1. The molecule has 3 N–H and O–H groups in total. The number of fused-ring (bicyclic) bond motifs is 1. The van der Waals surface area contributed by atoms with Crippen molar-refractivity contribution in [2.45, 2.75) is 0 Å². The van der Waals surface area contributed by atoms with Crippen LogP contribution in [-0.2, 0) is 0 Å². The average molecular weight is 228 g/mol. The highest BCUT2D eigenvalue weighted by Gasteiger charge is 2.09. The number of nitrogens with zero attached hydrogens (tertiary/aromatic N) is 3. The van der Waals surface area contributed by atoms with Crippen LogP contribution in [0.5, 0.6) is 0 Å². The Balaban J connectivity index is 1.87. The number of rotatable bonds is 2. The van der Waals surface area contributed by atoms with E-state index in [1.54, 1.807) is 18.3 Å². The van der Waals surface area contributed by atoms with Gasteiger partial charge in [0.15, 0.2) is 5.69 Å². The van der Waals surface area contributed by atoms with E-state index in [-0.39, 0.29) is 11.6 Å². The van der Waals surface area contributed by atoms with Crippen LogP contribution < -0.4 is 5.32 Å². The lowest BCUT2D eigenvalue weighted by Gasteiger charge is -2.02. The number of aromatic nitrogens is 5. The largest absolute Gasteiger partial charge is 0.320 e. The smallest absolute Gasteiger partial charge is 0.277 e. The number of amides is 1. The summed E-state index contributed by atoms with van der Waals surface area (Å²) in [4.78, 5) is 11.7. The van der Waals surface area contributed by atoms with Gasteiger partial charge >= 0.3 is 0 Å². The molecule has 2 aromatic heterocycles. The lowest BCUT2D eigenvalue weighted by molar-refractivity contribution is 0.102. The zero-order valence-corrected chi connectivity index (χ0v) is 8.64. The molecule has 7 heteroatoms. The molecular weight excluding hydrogens is 220 g/mol. The predicted molar refractivity (Wildman–Crippen MR) is 60.4 cm³/mol. The minimum atomic E-state index is -0.308. The second-order valence-corrected chi connectivity index (χ2v) is 3.48. The molecule has 0 aliphatic rings. The van der Waals surface area contributed by atoms with Gasteiger partial charge in [-0.1, -0.05) is 0 Å². The number of carbonyl (C=O) groups excluding carboxylic acids is 1. The third kappa shape index (κ3) is 1.73. The summed E-state index contributed by atoms with van der Waals surface area (Å²) in [6.45, 7) is 0. The van der Waals surface area contributed by atoms with E-state index in [2.05, 4.69) is 30.9 Å². The van der Waals surface area contributed by atoms with Crippen molar-refractivity contribution >= 4 is 22.5 Å². The fourth-order valence-corrected chi connectivity index (χ4v) is 1.52. The van der Waals surface area contributed by atoms with Crippen LogP contribution in [-0.4, -0.2) is 31.5 Å². The van der Waals surface area contributed by atoms with Crippen LogP contribution in [0.1, 0.15) is 10.5 Å². The maximum absolute atomic E-state index is 11.7. The molecule has 17 heavy (non-hydrogen) atoms. The molecule has 1 amide bonds. The first-order valence-electron chi connectivity index (χ1n) is 4.93. The third-order valence-corrected chi connectivity index (χ3v) is 2.35. The summed E-state index contributed by atoms with van der Waals surface area (Å²) in [5.41, 5.74) is 1.78. The molecule has 0 saturated heterocycles. The molecule has 3 aromatic rings. The van der Waals surface area contributed by atoms with Crippen LogP contribution in [0.15, 0.2) is 30.6 Å². The average Bonchev–Trinajstić information content (AvgIpc) is 2.99. The van der Waals surface area contributed by atoms with Crippen molar-refractivity contribution in [3.05, 3.63) is 36.3 Å². The molecule has 7 nitrogen and oxygen atoms in total. The number of anilines is 1. The van der Waals surface area contributed by atoms with Crippen LogP contribution >= 0.6 is 0 Å². The van der Waals surface area contributed by atoms with Crippen molar-refractivity contribution in [2.24, 2.45) is 0 Å². The molecular formula is C10H8N6O. The van der Waals surface area contributed by atoms with Gasteiger partial charge in [0.05, 0.1) is 17.9 Å². The topological polar surface area (TPSA) is 99.4 Å². The number of nitrogens with one attached hydrogen (secondary N) is 3. The van der Waals surface area contributed by atoms with E-state index in [9.17, 15) is 4.79 Å². The molecule has 0 saturated carbocycles. The van der Waals surface area contributed by atoms with E-state index < -0.39 is 0 Å². The first-order chi connectivity index (χ1) is 8.33. The number of hydrogen-bond acceptors (Lipinski definition) is 4. The molecule has 0 radical (unpaired) electrons.